The van der Waals surface area contributed by atoms with Crippen LogP contribution in [0.25, 0.3) is 0 Å². The van der Waals surface area contributed by atoms with Gasteiger partial charge in [-0.3, -0.25) is 4.79 Å². The van der Waals surface area contributed by atoms with Crippen molar-refractivity contribution >= 4 is 5.91 Å². The monoisotopic (exact) mass is 311 g/mol. The number of benzene rings is 2. The lowest BCUT2D eigenvalue weighted by atomic mass is 10.1. The Morgan fingerprint density at radius 3 is 2.52 bits per heavy atom. The predicted octanol–water partition coefficient (Wildman–Crippen LogP) is 3.18. The van der Waals surface area contributed by atoms with E-state index >= 15 is 0 Å². The largest absolute Gasteiger partial charge is 0.497 e. The molecule has 0 aliphatic carbocycles. The maximum absolute atomic E-state index is 12.6. The number of rotatable bonds is 4. The average Bonchev–Trinajstić information content (AvgIpc) is 2.98. The molecule has 2 aromatic carbocycles. The molecule has 4 heteroatoms. The third-order valence-electron chi connectivity index (χ3n) is 4.17. The van der Waals surface area contributed by atoms with E-state index in [-0.39, 0.29) is 18.2 Å². The van der Waals surface area contributed by atoms with Crippen molar-refractivity contribution in [2.45, 2.75) is 25.7 Å². The van der Waals surface area contributed by atoms with E-state index in [1.165, 1.54) is 0 Å². The van der Waals surface area contributed by atoms with Gasteiger partial charge in [0.25, 0.3) is 0 Å². The van der Waals surface area contributed by atoms with Crippen LogP contribution in [0, 0.1) is 0 Å². The van der Waals surface area contributed by atoms with Gasteiger partial charge in [-0.05, 0) is 30.2 Å². The number of ether oxygens (including phenoxy) is 2. The number of carbonyl (C=O) groups excluding carboxylic acids is 1. The van der Waals surface area contributed by atoms with Gasteiger partial charge in [-0.1, -0.05) is 42.5 Å². The zero-order chi connectivity index (χ0) is 16.2. The van der Waals surface area contributed by atoms with Gasteiger partial charge in [0.05, 0.1) is 20.1 Å². The fourth-order valence-electron chi connectivity index (χ4n) is 2.86. The smallest absolute Gasteiger partial charge is 0.229 e. The molecule has 23 heavy (non-hydrogen) atoms. The van der Waals surface area contributed by atoms with Crippen LogP contribution in [0.5, 0.6) is 5.75 Å². The molecule has 4 nitrogen and oxygen atoms in total. The molecule has 0 spiro atoms. The van der Waals surface area contributed by atoms with E-state index in [0.717, 1.165) is 16.9 Å². The van der Waals surface area contributed by atoms with E-state index in [2.05, 4.69) is 0 Å². The number of amides is 1. The molecule has 2 unspecified atom stereocenters. The zero-order valence-electron chi connectivity index (χ0n) is 13.4. The predicted molar refractivity (Wildman–Crippen MR) is 88.1 cm³/mol. The molecule has 2 aromatic rings. The Labute approximate surface area is 136 Å². The Morgan fingerprint density at radius 1 is 1.17 bits per heavy atom. The molecule has 0 bridgehead atoms. The normalized spacial score (nSPS) is 20.5. The SMILES string of the molecule is COc1ccc(CC(=O)N2CC(c3ccccc3)OC2C)cc1. The minimum atomic E-state index is -0.203. The Balaban J connectivity index is 1.65. The number of hydrogen-bond acceptors (Lipinski definition) is 3. The van der Waals surface area contributed by atoms with Crippen molar-refractivity contribution in [1.29, 1.82) is 0 Å². The molecule has 0 N–H and O–H groups in total. The summed E-state index contributed by atoms with van der Waals surface area (Å²) in [5.41, 5.74) is 2.09. The molecule has 1 aliphatic heterocycles. The van der Waals surface area contributed by atoms with E-state index in [0.29, 0.717) is 13.0 Å². The van der Waals surface area contributed by atoms with Gasteiger partial charge in [0.1, 0.15) is 18.1 Å². The molecule has 1 saturated heterocycles. The summed E-state index contributed by atoms with van der Waals surface area (Å²) in [4.78, 5) is 14.4. The molecule has 2 atom stereocenters. The molecule has 1 fully saturated rings. The number of hydrogen-bond donors (Lipinski definition) is 0. The number of nitrogens with zero attached hydrogens (tertiary/aromatic N) is 1. The maximum Gasteiger partial charge on any atom is 0.229 e. The molecule has 120 valence electrons. The van der Waals surface area contributed by atoms with Gasteiger partial charge >= 0.3 is 0 Å². The Morgan fingerprint density at radius 2 is 1.87 bits per heavy atom. The third kappa shape index (κ3) is 3.54. The minimum Gasteiger partial charge on any atom is -0.497 e. The number of carbonyl (C=O) groups is 1. The Bertz CT molecular complexity index is 654. The molecule has 0 saturated carbocycles. The summed E-state index contributed by atoms with van der Waals surface area (Å²) in [6.07, 6.45) is 0.121. The van der Waals surface area contributed by atoms with E-state index < -0.39 is 0 Å². The molecule has 1 amide bonds. The van der Waals surface area contributed by atoms with Crippen LogP contribution in [-0.2, 0) is 16.0 Å². The van der Waals surface area contributed by atoms with Gasteiger partial charge in [-0.25, -0.2) is 0 Å². The highest BCUT2D eigenvalue weighted by molar-refractivity contribution is 5.79. The van der Waals surface area contributed by atoms with E-state index in [9.17, 15) is 4.79 Å². The molecule has 0 radical (unpaired) electrons. The van der Waals surface area contributed by atoms with Crippen LogP contribution in [-0.4, -0.2) is 30.7 Å². The van der Waals surface area contributed by atoms with E-state index in [1.807, 2.05) is 66.4 Å². The summed E-state index contributed by atoms with van der Waals surface area (Å²) in [7, 11) is 1.63. The first-order chi connectivity index (χ1) is 11.2. The van der Waals surface area contributed by atoms with Crippen LogP contribution in [0.15, 0.2) is 54.6 Å². The lowest BCUT2D eigenvalue weighted by molar-refractivity contribution is -0.134. The third-order valence-corrected chi connectivity index (χ3v) is 4.17. The second-order valence-electron chi connectivity index (χ2n) is 5.71. The molecule has 1 heterocycles. The van der Waals surface area contributed by atoms with Gasteiger partial charge in [-0.15, -0.1) is 0 Å². The van der Waals surface area contributed by atoms with Gasteiger partial charge in [0, 0.05) is 0 Å². The molecule has 0 aromatic heterocycles. The maximum atomic E-state index is 12.6. The van der Waals surface area contributed by atoms with Crippen molar-refractivity contribution in [3.63, 3.8) is 0 Å². The second-order valence-corrected chi connectivity index (χ2v) is 5.71. The molecule has 1 aliphatic rings. The number of methoxy groups -OCH3 is 1. The molecular formula is C19H21NO3. The summed E-state index contributed by atoms with van der Waals surface area (Å²) in [5, 5.41) is 0. The van der Waals surface area contributed by atoms with Crippen molar-refractivity contribution in [1.82, 2.24) is 4.90 Å². The highest BCUT2D eigenvalue weighted by atomic mass is 16.5. The summed E-state index contributed by atoms with van der Waals surface area (Å²) in [6.45, 7) is 2.52. The fraction of sp³-hybridized carbons (Fsp3) is 0.316. The zero-order valence-corrected chi connectivity index (χ0v) is 13.4. The topological polar surface area (TPSA) is 38.8 Å². The first-order valence-electron chi connectivity index (χ1n) is 7.80. The van der Waals surface area contributed by atoms with Crippen LogP contribution < -0.4 is 4.74 Å². The van der Waals surface area contributed by atoms with E-state index in [1.54, 1.807) is 7.11 Å². The Hall–Kier alpha value is -2.33. The van der Waals surface area contributed by atoms with Crippen molar-refractivity contribution in [2.24, 2.45) is 0 Å². The van der Waals surface area contributed by atoms with Crippen LogP contribution in [0.1, 0.15) is 24.2 Å². The summed E-state index contributed by atoms with van der Waals surface area (Å²) >= 11 is 0. The lowest BCUT2D eigenvalue weighted by Crippen LogP contribution is -2.35. The van der Waals surface area contributed by atoms with Crippen LogP contribution >= 0.6 is 0 Å². The fourth-order valence-corrected chi connectivity index (χ4v) is 2.86. The standard InChI is InChI=1S/C19H21NO3/c1-14-20(13-18(23-14)16-6-4-3-5-7-16)19(21)12-15-8-10-17(22-2)11-9-15/h3-11,14,18H,12-13H2,1-2H3. The van der Waals surface area contributed by atoms with Crippen molar-refractivity contribution < 1.29 is 14.3 Å². The van der Waals surface area contributed by atoms with Crippen LogP contribution in [0.3, 0.4) is 0 Å². The summed E-state index contributed by atoms with van der Waals surface area (Å²) < 4.78 is 11.1. The van der Waals surface area contributed by atoms with E-state index in [4.69, 9.17) is 9.47 Å². The second kappa shape index (κ2) is 6.84. The van der Waals surface area contributed by atoms with Crippen LogP contribution in [0.2, 0.25) is 0 Å². The molecular weight excluding hydrogens is 290 g/mol. The highest BCUT2D eigenvalue weighted by Crippen LogP contribution is 2.29. The Kier molecular flexibility index (Phi) is 4.63. The minimum absolute atomic E-state index is 0.0500. The van der Waals surface area contributed by atoms with Gasteiger partial charge in [0.15, 0.2) is 0 Å². The van der Waals surface area contributed by atoms with Crippen molar-refractivity contribution in [2.75, 3.05) is 13.7 Å². The van der Waals surface area contributed by atoms with Gasteiger partial charge < -0.3 is 14.4 Å². The quantitative estimate of drug-likeness (QED) is 0.870. The van der Waals surface area contributed by atoms with Crippen LogP contribution in [0.4, 0.5) is 0 Å². The van der Waals surface area contributed by atoms with Crippen molar-refractivity contribution in [3.8, 4) is 5.75 Å². The average molecular weight is 311 g/mol. The first kappa shape index (κ1) is 15.6. The summed E-state index contributed by atoms with van der Waals surface area (Å²) in [6, 6.07) is 17.6. The lowest BCUT2D eigenvalue weighted by Gasteiger charge is -2.19. The van der Waals surface area contributed by atoms with Gasteiger partial charge in [0.2, 0.25) is 5.91 Å². The molecule has 3 rings (SSSR count). The highest BCUT2D eigenvalue weighted by Gasteiger charge is 2.33. The van der Waals surface area contributed by atoms with Crippen molar-refractivity contribution in [3.05, 3.63) is 65.7 Å². The summed E-state index contributed by atoms with van der Waals surface area (Å²) in [5.74, 6) is 0.879. The first-order valence-corrected chi connectivity index (χ1v) is 7.80. The van der Waals surface area contributed by atoms with Gasteiger partial charge in [-0.2, -0.15) is 0 Å².